The fraction of sp³-hybridized carbons (Fsp3) is 0.143. The SMILES string of the molecule is Cc1cc2c(Nc3ccc(CCl)cc3)nccn2n1. The monoisotopic (exact) mass is 272 g/mol. The van der Waals surface area contributed by atoms with E-state index in [-0.39, 0.29) is 0 Å². The van der Waals surface area contributed by atoms with Gasteiger partial charge >= 0.3 is 0 Å². The van der Waals surface area contributed by atoms with Crippen LogP contribution in [0, 0.1) is 6.92 Å². The van der Waals surface area contributed by atoms with Crippen LogP contribution < -0.4 is 5.32 Å². The van der Waals surface area contributed by atoms with Crippen LogP contribution in [0.3, 0.4) is 0 Å². The van der Waals surface area contributed by atoms with E-state index in [1.54, 1.807) is 6.20 Å². The zero-order valence-corrected chi connectivity index (χ0v) is 11.2. The van der Waals surface area contributed by atoms with Crippen molar-refractivity contribution in [3.05, 3.63) is 54.0 Å². The highest BCUT2D eigenvalue weighted by Gasteiger charge is 2.05. The predicted octanol–water partition coefficient (Wildman–Crippen LogP) is 3.52. The summed E-state index contributed by atoms with van der Waals surface area (Å²) < 4.78 is 1.82. The van der Waals surface area contributed by atoms with Gasteiger partial charge in [0.1, 0.15) is 5.52 Å². The third-order valence-electron chi connectivity index (χ3n) is 2.88. The van der Waals surface area contributed by atoms with E-state index in [1.807, 2.05) is 48.0 Å². The Hall–Kier alpha value is -2.07. The number of aryl methyl sites for hydroxylation is 1. The zero-order valence-electron chi connectivity index (χ0n) is 10.5. The molecule has 5 heteroatoms. The van der Waals surface area contributed by atoms with Crippen molar-refractivity contribution in [1.29, 1.82) is 0 Å². The van der Waals surface area contributed by atoms with Crippen LogP contribution in [0.15, 0.2) is 42.7 Å². The van der Waals surface area contributed by atoms with Gasteiger partial charge in [0.25, 0.3) is 0 Å². The summed E-state index contributed by atoms with van der Waals surface area (Å²) in [6.45, 7) is 1.96. The summed E-state index contributed by atoms with van der Waals surface area (Å²) >= 11 is 5.78. The Morgan fingerprint density at radius 3 is 2.79 bits per heavy atom. The highest BCUT2D eigenvalue weighted by molar-refractivity contribution is 6.17. The van der Waals surface area contributed by atoms with Crippen molar-refractivity contribution in [3.8, 4) is 0 Å². The van der Waals surface area contributed by atoms with Crippen molar-refractivity contribution >= 4 is 28.6 Å². The Morgan fingerprint density at radius 2 is 2.05 bits per heavy atom. The van der Waals surface area contributed by atoms with Crippen LogP contribution in [0.1, 0.15) is 11.3 Å². The van der Waals surface area contributed by atoms with E-state index < -0.39 is 0 Å². The first kappa shape index (κ1) is 12.0. The molecule has 0 bridgehead atoms. The Morgan fingerprint density at radius 1 is 1.26 bits per heavy atom. The highest BCUT2D eigenvalue weighted by Crippen LogP contribution is 2.20. The number of hydrogen-bond donors (Lipinski definition) is 1. The van der Waals surface area contributed by atoms with Crippen molar-refractivity contribution in [2.24, 2.45) is 0 Å². The van der Waals surface area contributed by atoms with E-state index in [0.29, 0.717) is 5.88 Å². The van der Waals surface area contributed by atoms with Gasteiger partial charge in [0, 0.05) is 24.0 Å². The smallest absolute Gasteiger partial charge is 0.156 e. The molecule has 96 valence electrons. The van der Waals surface area contributed by atoms with Gasteiger partial charge in [0.05, 0.1) is 5.69 Å². The van der Waals surface area contributed by atoms with Crippen molar-refractivity contribution in [2.75, 3.05) is 5.32 Å². The first-order valence-electron chi connectivity index (χ1n) is 5.99. The predicted molar refractivity (Wildman–Crippen MR) is 77.0 cm³/mol. The van der Waals surface area contributed by atoms with Gasteiger partial charge in [0.15, 0.2) is 5.82 Å². The maximum atomic E-state index is 5.78. The molecular formula is C14H13ClN4. The average molecular weight is 273 g/mol. The summed E-state index contributed by atoms with van der Waals surface area (Å²) in [7, 11) is 0. The van der Waals surface area contributed by atoms with Crippen LogP contribution in [-0.4, -0.2) is 14.6 Å². The summed E-state index contributed by atoms with van der Waals surface area (Å²) in [6, 6.07) is 9.98. The van der Waals surface area contributed by atoms with Crippen molar-refractivity contribution < 1.29 is 0 Å². The minimum absolute atomic E-state index is 0.524. The molecule has 2 heterocycles. The molecule has 0 aliphatic rings. The lowest BCUT2D eigenvalue weighted by Crippen LogP contribution is -1.97. The van der Waals surface area contributed by atoms with E-state index in [1.165, 1.54) is 0 Å². The summed E-state index contributed by atoms with van der Waals surface area (Å²) in [5, 5.41) is 7.66. The van der Waals surface area contributed by atoms with E-state index in [4.69, 9.17) is 11.6 Å². The molecule has 0 spiro atoms. The summed E-state index contributed by atoms with van der Waals surface area (Å²) in [6.07, 6.45) is 3.57. The first-order chi connectivity index (χ1) is 9.26. The molecule has 1 aromatic carbocycles. The number of rotatable bonds is 3. The third-order valence-corrected chi connectivity index (χ3v) is 3.19. The molecule has 0 saturated carbocycles. The van der Waals surface area contributed by atoms with Crippen molar-refractivity contribution in [2.45, 2.75) is 12.8 Å². The van der Waals surface area contributed by atoms with Crippen LogP contribution in [0.5, 0.6) is 0 Å². The van der Waals surface area contributed by atoms with Gasteiger partial charge in [-0.15, -0.1) is 11.6 Å². The molecule has 3 aromatic rings. The highest BCUT2D eigenvalue weighted by atomic mass is 35.5. The molecule has 2 aromatic heterocycles. The zero-order chi connectivity index (χ0) is 13.2. The first-order valence-corrected chi connectivity index (χ1v) is 6.52. The molecule has 0 unspecified atom stereocenters. The molecule has 0 aliphatic heterocycles. The van der Waals surface area contributed by atoms with E-state index in [9.17, 15) is 0 Å². The Labute approximate surface area is 116 Å². The number of fused-ring (bicyclic) bond motifs is 1. The Bertz CT molecular complexity index is 703. The average Bonchev–Trinajstić information content (AvgIpc) is 2.81. The molecule has 19 heavy (non-hydrogen) atoms. The molecular weight excluding hydrogens is 260 g/mol. The van der Waals surface area contributed by atoms with Gasteiger partial charge in [-0.1, -0.05) is 12.1 Å². The van der Waals surface area contributed by atoms with E-state index in [0.717, 1.165) is 28.3 Å². The second-order valence-corrected chi connectivity index (χ2v) is 4.61. The van der Waals surface area contributed by atoms with Crippen LogP contribution in [0.2, 0.25) is 0 Å². The quantitative estimate of drug-likeness (QED) is 0.742. The molecule has 1 N–H and O–H groups in total. The minimum atomic E-state index is 0.524. The minimum Gasteiger partial charge on any atom is -0.338 e. The lowest BCUT2D eigenvalue weighted by atomic mass is 10.2. The Kier molecular flexibility index (Phi) is 3.09. The fourth-order valence-corrected chi connectivity index (χ4v) is 2.13. The topological polar surface area (TPSA) is 42.2 Å². The van der Waals surface area contributed by atoms with Gasteiger partial charge in [0.2, 0.25) is 0 Å². The number of nitrogens with one attached hydrogen (secondary N) is 1. The van der Waals surface area contributed by atoms with Crippen LogP contribution in [-0.2, 0) is 5.88 Å². The summed E-state index contributed by atoms with van der Waals surface area (Å²) in [4.78, 5) is 4.36. The lowest BCUT2D eigenvalue weighted by Gasteiger charge is -2.07. The summed E-state index contributed by atoms with van der Waals surface area (Å²) in [5.41, 5.74) is 4.00. The molecule has 4 nitrogen and oxygen atoms in total. The normalized spacial score (nSPS) is 10.8. The number of halogens is 1. The third kappa shape index (κ3) is 2.39. The van der Waals surface area contributed by atoms with Gasteiger partial charge in [-0.05, 0) is 30.7 Å². The van der Waals surface area contributed by atoms with Gasteiger partial charge in [-0.25, -0.2) is 9.50 Å². The fourth-order valence-electron chi connectivity index (χ4n) is 1.95. The van der Waals surface area contributed by atoms with Crippen LogP contribution in [0.25, 0.3) is 5.52 Å². The Balaban J connectivity index is 1.95. The number of anilines is 2. The number of nitrogens with zero attached hydrogens (tertiary/aromatic N) is 3. The number of hydrogen-bond acceptors (Lipinski definition) is 3. The molecule has 0 atom stereocenters. The second-order valence-electron chi connectivity index (χ2n) is 4.35. The number of alkyl halides is 1. The van der Waals surface area contributed by atoms with E-state index in [2.05, 4.69) is 15.4 Å². The van der Waals surface area contributed by atoms with Crippen molar-refractivity contribution in [1.82, 2.24) is 14.6 Å². The molecule has 0 saturated heterocycles. The molecule has 3 rings (SSSR count). The maximum Gasteiger partial charge on any atom is 0.156 e. The van der Waals surface area contributed by atoms with Crippen LogP contribution >= 0.6 is 11.6 Å². The standard InChI is InChI=1S/C14H13ClN4/c1-10-8-13-14(16-6-7-19(13)18-10)17-12-4-2-11(9-15)3-5-12/h2-8H,9H2,1H3,(H,16,17). The lowest BCUT2D eigenvalue weighted by molar-refractivity contribution is 0.924. The molecule has 0 amide bonds. The van der Waals surface area contributed by atoms with Gasteiger partial charge in [-0.2, -0.15) is 5.10 Å². The molecule has 0 aliphatic carbocycles. The maximum absolute atomic E-state index is 5.78. The number of aromatic nitrogens is 3. The number of benzene rings is 1. The largest absolute Gasteiger partial charge is 0.338 e. The van der Waals surface area contributed by atoms with Crippen LogP contribution in [0.4, 0.5) is 11.5 Å². The molecule has 0 radical (unpaired) electrons. The van der Waals surface area contributed by atoms with Gasteiger partial charge in [-0.3, -0.25) is 0 Å². The van der Waals surface area contributed by atoms with Crippen molar-refractivity contribution in [3.63, 3.8) is 0 Å². The molecule has 0 fully saturated rings. The van der Waals surface area contributed by atoms with Gasteiger partial charge < -0.3 is 5.32 Å². The summed E-state index contributed by atoms with van der Waals surface area (Å²) in [5.74, 6) is 1.32. The second kappa shape index (κ2) is 4.90. The van der Waals surface area contributed by atoms with E-state index >= 15 is 0 Å².